The second-order valence-corrected chi connectivity index (χ2v) is 7.34. The SMILES string of the molecule is O=C(NCC1CNC1)c1nn(-c2cc(C(F)(F)F)ccc2Cl)c2c1CCC2. The summed E-state index contributed by atoms with van der Waals surface area (Å²) in [5.74, 6) is 0.115. The van der Waals surface area contributed by atoms with Gasteiger partial charge in [0, 0.05) is 36.8 Å². The van der Waals surface area contributed by atoms with Gasteiger partial charge in [-0.1, -0.05) is 11.6 Å². The van der Waals surface area contributed by atoms with E-state index in [4.69, 9.17) is 11.6 Å². The number of fused-ring (bicyclic) bond motifs is 1. The summed E-state index contributed by atoms with van der Waals surface area (Å²) < 4.78 is 40.7. The normalized spacial score (nSPS) is 16.9. The van der Waals surface area contributed by atoms with Crippen LogP contribution in [-0.2, 0) is 19.0 Å². The molecular weight excluding hydrogens is 381 g/mol. The van der Waals surface area contributed by atoms with Crippen LogP contribution in [-0.4, -0.2) is 35.3 Å². The van der Waals surface area contributed by atoms with Crippen LogP contribution in [0.1, 0.15) is 33.7 Å². The Labute approximate surface area is 158 Å². The number of hydrogen-bond acceptors (Lipinski definition) is 3. The van der Waals surface area contributed by atoms with Gasteiger partial charge in [0.05, 0.1) is 16.3 Å². The second-order valence-electron chi connectivity index (χ2n) is 6.94. The first-order chi connectivity index (χ1) is 12.8. The maximum Gasteiger partial charge on any atom is 0.416 e. The highest BCUT2D eigenvalue weighted by atomic mass is 35.5. The molecule has 2 aliphatic rings. The molecule has 4 rings (SSSR count). The van der Waals surface area contributed by atoms with Crippen LogP contribution in [0.15, 0.2) is 18.2 Å². The molecule has 1 aromatic heterocycles. The molecule has 0 bridgehead atoms. The molecule has 2 heterocycles. The summed E-state index contributed by atoms with van der Waals surface area (Å²) in [7, 11) is 0. The number of hydrogen-bond donors (Lipinski definition) is 2. The van der Waals surface area contributed by atoms with E-state index in [2.05, 4.69) is 15.7 Å². The number of amides is 1. The number of carbonyl (C=O) groups excluding carboxylic acids is 1. The molecule has 1 aliphatic heterocycles. The van der Waals surface area contributed by atoms with Crippen LogP contribution >= 0.6 is 11.6 Å². The Balaban J connectivity index is 1.69. The highest BCUT2D eigenvalue weighted by molar-refractivity contribution is 6.32. The Bertz CT molecular complexity index is 889. The Morgan fingerprint density at radius 3 is 2.78 bits per heavy atom. The number of rotatable bonds is 4. The number of nitrogens with zero attached hydrogens (tertiary/aromatic N) is 2. The van der Waals surface area contributed by atoms with Gasteiger partial charge in [0.1, 0.15) is 0 Å². The van der Waals surface area contributed by atoms with Crippen molar-refractivity contribution >= 4 is 17.5 Å². The minimum absolute atomic E-state index is 0.145. The average Bonchev–Trinajstić information content (AvgIpc) is 3.15. The maximum absolute atomic E-state index is 13.1. The van der Waals surface area contributed by atoms with Gasteiger partial charge < -0.3 is 10.6 Å². The topological polar surface area (TPSA) is 59.0 Å². The predicted octanol–water partition coefficient (Wildman–Crippen LogP) is 2.98. The van der Waals surface area contributed by atoms with Crippen LogP contribution in [0.4, 0.5) is 13.2 Å². The molecule has 9 heteroatoms. The number of nitrogens with one attached hydrogen (secondary N) is 2. The number of carbonyl (C=O) groups is 1. The molecule has 144 valence electrons. The van der Waals surface area contributed by atoms with Crippen molar-refractivity contribution < 1.29 is 18.0 Å². The monoisotopic (exact) mass is 398 g/mol. The Kier molecular flexibility index (Phi) is 4.63. The molecule has 0 spiro atoms. The molecule has 0 atom stereocenters. The molecule has 2 N–H and O–H groups in total. The smallest absolute Gasteiger partial charge is 0.350 e. The van der Waals surface area contributed by atoms with Gasteiger partial charge in [0.25, 0.3) is 5.91 Å². The van der Waals surface area contributed by atoms with E-state index >= 15 is 0 Å². The van der Waals surface area contributed by atoms with Gasteiger partial charge in [-0.25, -0.2) is 4.68 Å². The van der Waals surface area contributed by atoms with E-state index in [1.807, 2.05) is 0 Å². The quantitative estimate of drug-likeness (QED) is 0.832. The van der Waals surface area contributed by atoms with Crippen LogP contribution in [0.25, 0.3) is 5.69 Å². The Hall–Kier alpha value is -2.06. The molecule has 5 nitrogen and oxygen atoms in total. The first-order valence-electron chi connectivity index (χ1n) is 8.81. The molecular formula is C18H18ClF3N4O. The van der Waals surface area contributed by atoms with Crippen molar-refractivity contribution in [2.24, 2.45) is 5.92 Å². The third-order valence-corrected chi connectivity index (χ3v) is 5.38. The average molecular weight is 399 g/mol. The lowest BCUT2D eigenvalue weighted by Gasteiger charge is -2.26. The Morgan fingerprint density at radius 2 is 2.11 bits per heavy atom. The van der Waals surface area contributed by atoms with Gasteiger partial charge in [-0.05, 0) is 37.5 Å². The maximum atomic E-state index is 13.1. The summed E-state index contributed by atoms with van der Waals surface area (Å²) in [5.41, 5.74) is 1.18. The van der Waals surface area contributed by atoms with Gasteiger partial charge in [0.15, 0.2) is 5.69 Å². The minimum Gasteiger partial charge on any atom is -0.350 e. The molecule has 1 aliphatic carbocycles. The van der Waals surface area contributed by atoms with Gasteiger partial charge in [-0.15, -0.1) is 0 Å². The van der Waals surface area contributed by atoms with Crippen LogP contribution < -0.4 is 10.6 Å². The minimum atomic E-state index is -4.48. The fraction of sp³-hybridized carbons (Fsp3) is 0.444. The van der Waals surface area contributed by atoms with Crippen LogP contribution in [0, 0.1) is 5.92 Å². The van der Waals surface area contributed by atoms with Crippen molar-refractivity contribution in [3.8, 4) is 5.69 Å². The largest absolute Gasteiger partial charge is 0.416 e. The van der Waals surface area contributed by atoms with Gasteiger partial charge in [-0.3, -0.25) is 4.79 Å². The van der Waals surface area contributed by atoms with E-state index in [0.717, 1.165) is 42.9 Å². The van der Waals surface area contributed by atoms with Crippen LogP contribution in [0.2, 0.25) is 5.02 Å². The van der Waals surface area contributed by atoms with Gasteiger partial charge in [0.2, 0.25) is 0 Å². The molecule has 0 saturated carbocycles. The van der Waals surface area contributed by atoms with Gasteiger partial charge >= 0.3 is 6.18 Å². The van der Waals surface area contributed by atoms with Crippen molar-refractivity contribution in [2.75, 3.05) is 19.6 Å². The third-order valence-electron chi connectivity index (χ3n) is 5.06. The van der Waals surface area contributed by atoms with Crippen molar-refractivity contribution in [3.63, 3.8) is 0 Å². The standard InChI is InChI=1S/C18H18ClF3N4O/c19-13-5-4-11(18(20,21)22)6-15(13)26-14-3-1-2-12(14)16(25-26)17(27)24-9-10-7-23-8-10/h4-6,10,23H,1-3,7-9H2,(H,24,27). The van der Waals surface area contributed by atoms with E-state index in [0.29, 0.717) is 25.3 Å². The van der Waals surface area contributed by atoms with Crippen molar-refractivity contribution in [1.82, 2.24) is 20.4 Å². The molecule has 1 aromatic carbocycles. The molecule has 1 amide bonds. The summed E-state index contributed by atoms with van der Waals surface area (Å²) in [6.07, 6.45) is -2.32. The van der Waals surface area contributed by atoms with Crippen molar-refractivity contribution in [2.45, 2.75) is 25.4 Å². The number of halogens is 4. The van der Waals surface area contributed by atoms with E-state index in [1.54, 1.807) is 0 Å². The van der Waals surface area contributed by atoms with Crippen LogP contribution in [0.5, 0.6) is 0 Å². The lowest BCUT2D eigenvalue weighted by molar-refractivity contribution is -0.137. The summed E-state index contributed by atoms with van der Waals surface area (Å²) >= 11 is 6.16. The molecule has 1 fully saturated rings. The first-order valence-corrected chi connectivity index (χ1v) is 9.19. The van der Waals surface area contributed by atoms with E-state index in [1.165, 1.54) is 10.7 Å². The summed E-state index contributed by atoms with van der Waals surface area (Å²) in [6, 6.07) is 3.14. The fourth-order valence-electron chi connectivity index (χ4n) is 3.48. The predicted molar refractivity (Wildman–Crippen MR) is 94.3 cm³/mol. The van der Waals surface area contributed by atoms with E-state index < -0.39 is 11.7 Å². The number of benzene rings is 1. The summed E-state index contributed by atoms with van der Waals surface area (Å²) in [5, 5.41) is 10.5. The zero-order valence-corrected chi connectivity index (χ0v) is 15.1. The second kappa shape index (κ2) is 6.83. The van der Waals surface area contributed by atoms with E-state index in [9.17, 15) is 18.0 Å². The summed E-state index contributed by atoms with van der Waals surface area (Å²) in [6.45, 7) is 2.29. The molecule has 0 unspecified atom stereocenters. The molecule has 27 heavy (non-hydrogen) atoms. The number of alkyl halides is 3. The zero-order valence-electron chi connectivity index (χ0n) is 14.4. The lowest BCUT2D eigenvalue weighted by atomic mass is 10.0. The number of aromatic nitrogens is 2. The van der Waals surface area contributed by atoms with Crippen LogP contribution in [0.3, 0.4) is 0 Å². The summed E-state index contributed by atoms with van der Waals surface area (Å²) in [4.78, 5) is 12.6. The molecule has 2 aromatic rings. The van der Waals surface area contributed by atoms with Crippen molar-refractivity contribution in [3.05, 3.63) is 45.7 Å². The first kappa shape index (κ1) is 18.3. The molecule has 1 saturated heterocycles. The zero-order chi connectivity index (χ0) is 19.2. The van der Waals surface area contributed by atoms with Gasteiger partial charge in [-0.2, -0.15) is 18.3 Å². The van der Waals surface area contributed by atoms with E-state index in [-0.39, 0.29) is 22.3 Å². The Morgan fingerprint density at radius 1 is 1.33 bits per heavy atom. The molecule has 0 radical (unpaired) electrons. The highest BCUT2D eigenvalue weighted by Crippen LogP contribution is 2.35. The fourth-order valence-corrected chi connectivity index (χ4v) is 3.68. The highest BCUT2D eigenvalue weighted by Gasteiger charge is 2.33. The lowest BCUT2D eigenvalue weighted by Crippen LogP contribution is -2.48. The third kappa shape index (κ3) is 3.43. The van der Waals surface area contributed by atoms with Crippen molar-refractivity contribution in [1.29, 1.82) is 0 Å².